The van der Waals surface area contributed by atoms with Gasteiger partial charge in [0.05, 0.1) is 57.5 Å². The van der Waals surface area contributed by atoms with Crippen LogP contribution in [0.5, 0.6) is 0 Å². The fourth-order valence-electron chi connectivity index (χ4n) is 12.7. The van der Waals surface area contributed by atoms with Gasteiger partial charge in [-0.1, -0.05) is 90.0 Å². The number of nitriles is 3. The summed E-state index contributed by atoms with van der Waals surface area (Å²) in [5.74, 6) is -9.10. The summed E-state index contributed by atoms with van der Waals surface area (Å²) >= 11 is 0.0167. The number of carbonyl (C=O) groups excluding carboxylic acids is 5. The van der Waals surface area contributed by atoms with Crippen LogP contribution in [0.25, 0.3) is 9.69 Å². The summed E-state index contributed by atoms with van der Waals surface area (Å²) in [7, 11) is 0. The van der Waals surface area contributed by atoms with Crippen LogP contribution in [0.3, 0.4) is 0 Å². The van der Waals surface area contributed by atoms with Crippen LogP contribution in [0.2, 0.25) is 0 Å². The number of rotatable bonds is 37. The summed E-state index contributed by atoms with van der Waals surface area (Å²) in [6.45, 7) is 59.5. The first-order chi connectivity index (χ1) is 38.3. The van der Waals surface area contributed by atoms with Crippen molar-refractivity contribution in [3.63, 3.8) is 0 Å². The number of hydrogen-bond acceptors (Lipinski definition) is 13. The molecule has 0 bridgehead atoms. The molecule has 0 aliphatic carbocycles. The first-order valence-corrected chi connectivity index (χ1v) is 32.6. The van der Waals surface area contributed by atoms with E-state index >= 15 is 9.59 Å². The van der Waals surface area contributed by atoms with E-state index < -0.39 is 86.4 Å². The zero-order valence-corrected chi connectivity index (χ0v) is 58.8. The van der Waals surface area contributed by atoms with Crippen molar-refractivity contribution < 1.29 is 61.1 Å². The molecule has 0 rings (SSSR count). The molecular formula is C64H110CaN8O10+2. The third kappa shape index (κ3) is 24.2. The normalized spacial score (nSPS) is 16.4. The number of carbonyl (C=O) groups is 5. The predicted molar refractivity (Wildman–Crippen MR) is 323 cm³/mol. The van der Waals surface area contributed by atoms with E-state index in [0.717, 1.165) is 12.8 Å². The molecule has 19 heteroatoms. The van der Waals surface area contributed by atoms with Gasteiger partial charge in [0.25, 0.3) is 0 Å². The van der Waals surface area contributed by atoms with Gasteiger partial charge in [-0.15, -0.1) is 0 Å². The van der Waals surface area contributed by atoms with Gasteiger partial charge in [-0.2, -0.15) is 10.5 Å². The Kier molecular flexibility index (Phi) is 33.1. The molecule has 18 nitrogen and oxygen atoms in total. The Morgan fingerprint density at radius 3 is 1.36 bits per heavy atom. The first-order valence-electron chi connectivity index (χ1n) is 30.8. The van der Waals surface area contributed by atoms with Crippen molar-refractivity contribution in [2.75, 3.05) is 72.0 Å². The average Bonchev–Trinajstić information content (AvgIpc) is 3.57. The molecule has 9 unspecified atom stereocenters. The molecule has 0 aliphatic rings. The minimum atomic E-state index is -2.68. The van der Waals surface area contributed by atoms with Gasteiger partial charge < -0.3 is 14.1 Å². The van der Waals surface area contributed by atoms with E-state index in [0.29, 0.717) is 69.4 Å². The molecule has 0 saturated carbocycles. The van der Waals surface area contributed by atoms with Crippen LogP contribution in [0.15, 0.2) is 0 Å². The number of nitrogens with zero attached hydrogens (tertiary/aromatic N) is 8. The van der Waals surface area contributed by atoms with Crippen molar-refractivity contribution in [1.82, 2.24) is 0 Å². The maximum atomic E-state index is 15.9. The van der Waals surface area contributed by atoms with E-state index in [1.165, 1.54) is 0 Å². The van der Waals surface area contributed by atoms with Gasteiger partial charge in [0.15, 0.2) is 0 Å². The monoisotopic (exact) mass is 1190 g/mol. The standard InChI is InChI=1S/C64H109N8O10.Ca.H/c1-24-33-78-54(73)50(39-65)37-63(69-23,46-71(29-6,30-7)42-48(11)35-61(16,17)18)57(76)81-59(80-55(74)51(40-66)44-70(27-4,28-5)41-47(10)34-60(13,14)15)82-58(77)64(45-67,38-53(68-22)56(75)79-52(25-2)26-3)72(31-8,32-9)43-49(12)36-62(19,20)21;;/h33,47-52,59H,24-32,34-38,41-44,46H2,1-21H3;;/q+2;;. The van der Waals surface area contributed by atoms with Crippen LogP contribution in [0.1, 0.15) is 197 Å². The number of quaternary nitrogens is 3. The van der Waals surface area contributed by atoms with Gasteiger partial charge >= 0.3 is 241 Å². The molecule has 0 aliphatic heterocycles. The molecule has 0 N–H and O–H groups in total. The van der Waals surface area contributed by atoms with Crippen LogP contribution >= 0.6 is 0 Å². The second-order valence-corrected chi connectivity index (χ2v) is 29.7. The fourth-order valence-corrected chi connectivity index (χ4v) is 13.0. The van der Waals surface area contributed by atoms with Crippen LogP contribution in [-0.2, 0) is 47.7 Å². The first kappa shape index (κ1) is 78.8. The molecule has 0 aromatic rings. The largest absolute Gasteiger partial charge is 0.479 e. The maximum Gasteiger partial charge on any atom is 0.247 e. The number of esters is 5. The molecule has 0 amide bonds. The van der Waals surface area contributed by atoms with Crippen LogP contribution in [0.4, 0.5) is 0 Å². The minimum absolute atomic E-state index is 0.0110. The molecule has 0 radical (unpaired) electrons. The van der Waals surface area contributed by atoms with Gasteiger partial charge in [-0.3, -0.25) is 15.8 Å². The minimum Gasteiger partial charge on any atom is -0.479 e. The Morgan fingerprint density at radius 1 is 0.554 bits per heavy atom. The van der Waals surface area contributed by atoms with Crippen molar-refractivity contribution in [2.24, 2.45) is 45.8 Å². The smallest absolute Gasteiger partial charge is 0.247 e. The molecule has 0 saturated heterocycles. The summed E-state index contributed by atoms with van der Waals surface area (Å²) in [6.07, 6.45) is 1.52. The van der Waals surface area contributed by atoms with Crippen molar-refractivity contribution in [1.29, 1.82) is 15.8 Å². The average molecular weight is 1190 g/mol. The molecular weight excluding hydrogens is 1080 g/mol. The van der Waals surface area contributed by atoms with Crippen molar-refractivity contribution >= 4 is 65.6 Å². The SMILES string of the molecule is [C-]#[N+][C-](CC(C#N)(C(=O)OC(OC(=O)C(C#N)C[N+](CC)(CC)CC(C)CC(C)(C)C)OC(=O)C(CC(C#N)C(=O)O[CH]([CaH])CC)(C[N+](CC)(CC)CC(C)CC(C)(C)C)[N+]#[C-])[N+](CC)(CC)CC(C)CC(C)(C)C)C(=O)OC(CC)CC. The fraction of sp³-hybridized carbons (Fsp3) is 0.828. The topological polar surface area (TPSA) is 212 Å². The summed E-state index contributed by atoms with van der Waals surface area (Å²) in [4.78, 5) is 81.9. The molecule has 9 atom stereocenters. The van der Waals surface area contributed by atoms with Crippen LogP contribution in [-0.4, -0.2) is 177 Å². The van der Waals surface area contributed by atoms with E-state index in [-0.39, 0.29) is 111 Å². The van der Waals surface area contributed by atoms with Crippen molar-refractivity contribution in [3.8, 4) is 18.2 Å². The Morgan fingerprint density at radius 2 is 0.988 bits per heavy atom. The van der Waals surface area contributed by atoms with Crippen molar-refractivity contribution in [2.45, 2.75) is 223 Å². The van der Waals surface area contributed by atoms with Gasteiger partial charge in [-0.05, 0) is 70.6 Å². The van der Waals surface area contributed by atoms with E-state index in [1.54, 1.807) is 13.8 Å². The van der Waals surface area contributed by atoms with Gasteiger partial charge in [0.1, 0.15) is 12.6 Å². The Labute approximate surface area is 526 Å². The third-order valence-electron chi connectivity index (χ3n) is 16.8. The number of ether oxygens (including phenoxy) is 5. The van der Waals surface area contributed by atoms with E-state index in [2.05, 4.69) is 98.0 Å². The molecule has 83 heavy (non-hydrogen) atoms. The summed E-state index contributed by atoms with van der Waals surface area (Å²) < 4.78 is 29.4. The number of likely N-dealkylation sites (N-methyl/N-ethyl adjacent to an activating group) is 2. The Bertz CT molecular complexity index is 2300. The number of hydrogen-bond donors (Lipinski definition) is 0. The van der Waals surface area contributed by atoms with E-state index in [9.17, 15) is 30.2 Å². The molecule has 0 spiro atoms. The zero-order valence-electron chi connectivity index (χ0n) is 55.7. The van der Waals surface area contributed by atoms with Crippen LogP contribution in [0, 0.1) is 99.0 Å². The molecule has 0 heterocycles. The van der Waals surface area contributed by atoms with E-state index in [1.807, 2.05) is 61.5 Å². The predicted octanol–water partition coefficient (Wildman–Crippen LogP) is 11.0. The molecule has 466 valence electrons. The zero-order chi connectivity index (χ0) is 64.6. The van der Waals surface area contributed by atoms with Gasteiger partial charge in [0.2, 0.25) is 5.97 Å². The summed E-state index contributed by atoms with van der Waals surface area (Å²) in [5, 5.41) is 33.3. The second-order valence-electron chi connectivity index (χ2n) is 27.7. The molecule has 0 aromatic carbocycles. The van der Waals surface area contributed by atoms with Gasteiger partial charge in [-0.25, -0.2) is 0 Å². The second kappa shape index (κ2) is 34.8. The Hall–Kier alpha value is -4.19. The summed E-state index contributed by atoms with van der Waals surface area (Å²) in [6, 6.07) is 5.71. The van der Waals surface area contributed by atoms with Crippen molar-refractivity contribution in [3.05, 3.63) is 28.9 Å². The van der Waals surface area contributed by atoms with Gasteiger partial charge in [0, 0.05) is 11.8 Å². The van der Waals surface area contributed by atoms with E-state index in [4.69, 9.17) is 36.8 Å². The molecule has 0 fully saturated rings. The quantitative estimate of drug-likeness (QED) is 0.0142. The third-order valence-corrected chi connectivity index (χ3v) is 18.5. The van der Waals surface area contributed by atoms with Crippen LogP contribution < -0.4 is 0 Å². The molecule has 0 aromatic heterocycles. The summed E-state index contributed by atoms with van der Waals surface area (Å²) in [5.41, 5.74) is -5.19. The Balaban J connectivity index is 8.99. The maximum absolute atomic E-state index is 15.9.